The summed E-state index contributed by atoms with van der Waals surface area (Å²) in [5.74, 6) is 0.0828. The lowest BCUT2D eigenvalue weighted by Gasteiger charge is -2.30. The molecule has 3 rings (SSSR count). The van der Waals surface area contributed by atoms with Crippen molar-refractivity contribution in [3.8, 4) is 5.75 Å². The molecule has 5 heteroatoms. The van der Waals surface area contributed by atoms with E-state index in [4.69, 9.17) is 9.84 Å². The van der Waals surface area contributed by atoms with Gasteiger partial charge in [-0.25, -0.2) is 4.79 Å². The third-order valence-electron chi connectivity index (χ3n) is 3.64. The van der Waals surface area contributed by atoms with Crippen LogP contribution in [0, 0.1) is 0 Å². The summed E-state index contributed by atoms with van der Waals surface area (Å²) in [5, 5.41) is 9.02. The molecule has 0 saturated carbocycles. The average molecular weight is 412 g/mol. The van der Waals surface area contributed by atoms with Crippen molar-refractivity contribution in [1.82, 2.24) is 0 Å². The Bertz CT molecular complexity index is 689. The summed E-state index contributed by atoms with van der Waals surface area (Å²) in [7, 11) is 0. The number of ether oxygens (including phenoxy) is 1. The summed E-state index contributed by atoms with van der Waals surface area (Å²) in [6, 6.07) is 11.5. The molecule has 0 spiro atoms. The van der Waals surface area contributed by atoms with Gasteiger partial charge in [-0.1, -0.05) is 24.3 Å². The van der Waals surface area contributed by atoms with Crippen molar-refractivity contribution in [3.63, 3.8) is 0 Å². The van der Waals surface area contributed by atoms with Crippen LogP contribution >= 0.6 is 31.9 Å². The van der Waals surface area contributed by atoms with E-state index >= 15 is 0 Å². The van der Waals surface area contributed by atoms with Gasteiger partial charge in [0.15, 0.2) is 0 Å². The molecule has 0 fully saturated rings. The monoisotopic (exact) mass is 410 g/mol. The van der Waals surface area contributed by atoms with Crippen molar-refractivity contribution >= 4 is 37.8 Å². The van der Waals surface area contributed by atoms with Gasteiger partial charge in [0, 0.05) is 5.92 Å². The number of carbonyl (C=O) groups is 1. The van der Waals surface area contributed by atoms with Crippen LogP contribution in [0.15, 0.2) is 45.3 Å². The Morgan fingerprint density at radius 3 is 2.52 bits per heavy atom. The third-order valence-corrected chi connectivity index (χ3v) is 4.81. The van der Waals surface area contributed by atoms with E-state index in [9.17, 15) is 4.79 Å². The molecule has 3 nitrogen and oxygen atoms in total. The molecule has 108 valence electrons. The fraction of sp³-hybridized carbons (Fsp3) is 0.188. The minimum Gasteiger partial charge on any atom is -0.491 e. The second-order valence-corrected chi connectivity index (χ2v) is 6.69. The van der Waals surface area contributed by atoms with Crippen LogP contribution in [0.4, 0.5) is 0 Å². The molecule has 0 radical (unpaired) electrons. The first-order valence-electron chi connectivity index (χ1n) is 6.49. The van der Waals surface area contributed by atoms with Gasteiger partial charge < -0.3 is 9.84 Å². The average Bonchev–Trinajstić information content (AvgIpc) is 2.42. The van der Waals surface area contributed by atoms with E-state index in [2.05, 4.69) is 44.0 Å². The van der Waals surface area contributed by atoms with Crippen LogP contribution in [-0.2, 0) is 6.42 Å². The Labute approximate surface area is 139 Å². The Morgan fingerprint density at radius 1 is 1.24 bits per heavy atom. The number of carboxylic acid groups (broad SMARTS) is 1. The number of hydrogen-bond donors (Lipinski definition) is 1. The fourth-order valence-electron chi connectivity index (χ4n) is 2.52. The largest absolute Gasteiger partial charge is 0.491 e. The first-order chi connectivity index (χ1) is 10.1. The molecule has 0 bridgehead atoms. The molecular weight excluding hydrogens is 400 g/mol. The number of benzene rings is 2. The molecule has 21 heavy (non-hydrogen) atoms. The van der Waals surface area contributed by atoms with E-state index in [1.807, 2.05) is 12.1 Å². The quantitative estimate of drug-likeness (QED) is 0.797. The Balaban J connectivity index is 1.74. The van der Waals surface area contributed by atoms with E-state index in [0.717, 1.165) is 6.42 Å². The first-order valence-corrected chi connectivity index (χ1v) is 8.08. The highest BCUT2D eigenvalue weighted by atomic mass is 79.9. The van der Waals surface area contributed by atoms with Crippen LogP contribution in [0.3, 0.4) is 0 Å². The SMILES string of the molecule is O=C(O)c1cc(Br)c(OCC2Cc3ccccc32)c(Br)c1. The molecule has 0 heterocycles. The molecule has 0 saturated heterocycles. The van der Waals surface area contributed by atoms with Gasteiger partial charge in [-0.2, -0.15) is 0 Å². The van der Waals surface area contributed by atoms with Crippen LogP contribution < -0.4 is 4.74 Å². The van der Waals surface area contributed by atoms with Gasteiger partial charge in [-0.05, 0) is 61.5 Å². The number of halogens is 2. The zero-order valence-corrected chi connectivity index (χ0v) is 14.1. The zero-order chi connectivity index (χ0) is 15.0. The van der Waals surface area contributed by atoms with E-state index in [0.29, 0.717) is 27.2 Å². The lowest BCUT2D eigenvalue weighted by Crippen LogP contribution is -2.23. The molecule has 1 atom stereocenters. The normalized spacial score (nSPS) is 16.0. The van der Waals surface area contributed by atoms with E-state index < -0.39 is 5.97 Å². The summed E-state index contributed by atoms with van der Waals surface area (Å²) in [6.07, 6.45) is 1.03. The summed E-state index contributed by atoms with van der Waals surface area (Å²) >= 11 is 6.74. The molecule has 1 N–H and O–H groups in total. The maximum absolute atomic E-state index is 11.0. The Kier molecular flexibility index (Phi) is 4.04. The van der Waals surface area contributed by atoms with Gasteiger partial charge in [0.25, 0.3) is 0 Å². The number of hydrogen-bond acceptors (Lipinski definition) is 2. The molecular formula is C16H12Br2O3. The predicted octanol–water partition coefficient (Wildman–Crippen LogP) is 4.63. The number of rotatable bonds is 4. The zero-order valence-electron chi connectivity index (χ0n) is 11.0. The molecule has 0 aromatic heterocycles. The highest BCUT2D eigenvalue weighted by Crippen LogP contribution is 2.38. The van der Waals surface area contributed by atoms with Crippen molar-refractivity contribution in [2.75, 3.05) is 6.61 Å². The second kappa shape index (κ2) is 5.81. The van der Waals surface area contributed by atoms with E-state index in [1.54, 1.807) is 12.1 Å². The van der Waals surface area contributed by atoms with Crippen LogP contribution in [0.5, 0.6) is 5.75 Å². The third kappa shape index (κ3) is 2.85. The highest BCUT2D eigenvalue weighted by Gasteiger charge is 2.26. The van der Waals surface area contributed by atoms with Crippen LogP contribution in [0.2, 0.25) is 0 Å². The Hall–Kier alpha value is -1.33. The minimum absolute atomic E-state index is 0.218. The highest BCUT2D eigenvalue weighted by molar-refractivity contribution is 9.11. The van der Waals surface area contributed by atoms with Gasteiger partial charge in [-0.15, -0.1) is 0 Å². The first kappa shape index (κ1) is 14.6. The van der Waals surface area contributed by atoms with Crippen molar-refractivity contribution in [2.45, 2.75) is 12.3 Å². The van der Waals surface area contributed by atoms with Gasteiger partial charge in [-0.3, -0.25) is 0 Å². The molecule has 1 unspecified atom stereocenters. The smallest absolute Gasteiger partial charge is 0.335 e. The molecule has 1 aliphatic rings. The number of aromatic carboxylic acids is 1. The molecule has 0 amide bonds. The molecule has 2 aromatic carbocycles. The van der Waals surface area contributed by atoms with Gasteiger partial charge >= 0.3 is 5.97 Å². The van der Waals surface area contributed by atoms with Gasteiger partial charge in [0.1, 0.15) is 5.75 Å². The summed E-state index contributed by atoms with van der Waals surface area (Å²) in [5.41, 5.74) is 2.94. The van der Waals surface area contributed by atoms with E-state index in [1.165, 1.54) is 11.1 Å². The second-order valence-electron chi connectivity index (χ2n) is 4.99. The summed E-state index contributed by atoms with van der Waals surface area (Å²) < 4.78 is 7.16. The summed E-state index contributed by atoms with van der Waals surface area (Å²) in [6.45, 7) is 0.584. The van der Waals surface area contributed by atoms with Crippen LogP contribution in [0.1, 0.15) is 27.4 Å². The Morgan fingerprint density at radius 2 is 1.90 bits per heavy atom. The van der Waals surface area contributed by atoms with E-state index in [-0.39, 0.29) is 5.56 Å². The van der Waals surface area contributed by atoms with Crippen molar-refractivity contribution in [1.29, 1.82) is 0 Å². The van der Waals surface area contributed by atoms with Crippen molar-refractivity contribution < 1.29 is 14.6 Å². The predicted molar refractivity (Wildman–Crippen MR) is 87.2 cm³/mol. The molecule has 2 aromatic rings. The molecule has 0 aliphatic heterocycles. The maximum atomic E-state index is 11.0. The standard InChI is InChI=1S/C16H12Br2O3/c17-13-6-10(16(19)20)7-14(18)15(13)21-8-11-5-9-3-1-2-4-12(9)11/h1-4,6-7,11H,5,8H2,(H,19,20). The van der Waals surface area contributed by atoms with Crippen LogP contribution in [-0.4, -0.2) is 17.7 Å². The van der Waals surface area contributed by atoms with Gasteiger partial charge in [0.05, 0.1) is 21.1 Å². The summed E-state index contributed by atoms with van der Waals surface area (Å²) in [4.78, 5) is 11.0. The minimum atomic E-state index is -0.962. The molecule has 1 aliphatic carbocycles. The fourth-order valence-corrected chi connectivity index (χ4v) is 3.93. The lowest BCUT2D eigenvalue weighted by molar-refractivity contribution is 0.0696. The number of fused-ring (bicyclic) bond motifs is 1. The number of carboxylic acids is 1. The van der Waals surface area contributed by atoms with Gasteiger partial charge in [0.2, 0.25) is 0 Å². The maximum Gasteiger partial charge on any atom is 0.335 e. The van der Waals surface area contributed by atoms with Crippen molar-refractivity contribution in [3.05, 3.63) is 62.0 Å². The topological polar surface area (TPSA) is 46.5 Å². The lowest BCUT2D eigenvalue weighted by atomic mass is 9.78. The van der Waals surface area contributed by atoms with Crippen LogP contribution in [0.25, 0.3) is 0 Å². The van der Waals surface area contributed by atoms with Crippen molar-refractivity contribution in [2.24, 2.45) is 0 Å².